The van der Waals surface area contributed by atoms with Crippen LogP contribution >= 0.6 is 15.9 Å². The van der Waals surface area contributed by atoms with Crippen molar-refractivity contribution >= 4 is 21.9 Å². The molecule has 0 aliphatic carbocycles. The van der Waals surface area contributed by atoms with Crippen molar-refractivity contribution in [2.45, 2.75) is 12.5 Å². The third kappa shape index (κ3) is 2.28. The molecule has 0 aliphatic rings. The molecule has 0 aromatic carbocycles. The maximum atomic E-state index is 10.5. The highest BCUT2D eigenvalue weighted by atomic mass is 79.9. The lowest BCUT2D eigenvalue weighted by atomic mass is 10.2. The predicted molar refractivity (Wildman–Crippen MR) is 50.2 cm³/mol. The van der Waals surface area contributed by atoms with E-state index in [2.05, 4.69) is 21.0 Å². The SMILES string of the molecule is Cn1ncc(Br)c1C[C@@H](N)C(=O)O. The van der Waals surface area contributed by atoms with Gasteiger partial charge in [-0.3, -0.25) is 9.48 Å². The third-order valence-electron chi connectivity index (χ3n) is 1.74. The zero-order chi connectivity index (χ0) is 10.0. The minimum Gasteiger partial charge on any atom is -0.480 e. The maximum absolute atomic E-state index is 10.5. The fraction of sp³-hybridized carbons (Fsp3) is 0.429. The number of nitrogens with two attached hydrogens (primary N) is 1. The van der Waals surface area contributed by atoms with Crippen LogP contribution < -0.4 is 5.73 Å². The Morgan fingerprint density at radius 1 is 1.92 bits per heavy atom. The molecule has 1 rings (SSSR count). The fourth-order valence-corrected chi connectivity index (χ4v) is 1.47. The molecule has 0 saturated heterocycles. The molecule has 72 valence electrons. The Bertz CT molecular complexity index is 304. The summed E-state index contributed by atoms with van der Waals surface area (Å²) >= 11 is 3.26. The molecule has 13 heavy (non-hydrogen) atoms. The number of aliphatic carboxylic acids is 1. The van der Waals surface area contributed by atoms with E-state index in [4.69, 9.17) is 10.8 Å². The van der Waals surface area contributed by atoms with Crippen molar-refractivity contribution in [2.75, 3.05) is 0 Å². The summed E-state index contributed by atoms with van der Waals surface area (Å²) < 4.78 is 2.39. The van der Waals surface area contributed by atoms with Gasteiger partial charge < -0.3 is 10.8 Å². The van der Waals surface area contributed by atoms with Crippen molar-refractivity contribution in [2.24, 2.45) is 12.8 Å². The number of aryl methyl sites for hydroxylation is 1. The normalized spacial score (nSPS) is 12.8. The molecular weight excluding hydrogens is 238 g/mol. The molecule has 0 amide bonds. The van der Waals surface area contributed by atoms with Crippen LogP contribution in [0.25, 0.3) is 0 Å². The van der Waals surface area contributed by atoms with Gasteiger partial charge in [0.05, 0.1) is 16.4 Å². The van der Waals surface area contributed by atoms with E-state index >= 15 is 0 Å². The summed E-state index contributed by atoms with van der Waals surface area (Å²) in [6.45, 7) is 0. The van der Waals surface area contributed by atoms with E-state index in [9.17, 15) is 4.79 Å². The third-order valence-corrected chi connectivity index (χ3v) is 2.40. The highest BCUT2D eigenvalue weighted by Gasteiger charge is 2.16. The molecule has 1 aromatic rings. The minimum atomic E-state index is -1.01. The number of nitrogens with zero attached hydrogens (tertiary/aromatic N) is 2. The van der Waals surface area contributed by atoms with Gasteiger partial charge in [-0.1, -0.05) is 0 Å². The first kappa shape index (κ1) is 10.2. The molecule has 0 radical (unpaired) electrons. The monoisotopic (exact) mass is 247 g/mol. The number of rotatable bonds is 3. The van der Waals surface area contributed by atoms with E-state index < -0.39 is 12.0 Å². The van der Waals surface area contributed by atoms with Crippen LogP contribution in [0.5, 0.6) is 0 Å². The first-order chi connectivity index (χ1) is 6.02. The fourth-order valence-electron chi connectivity index (χ4n) is 0.961. The Morgan fingerprint density at radius 3 is 2.92 bits per heavy atom. The van der Waals surface area contributed by atoms with Gasteiger partial charge in [0, 0.05) is 13.5 Å². The molecule has 5 nitrogen and oxygen atoms in total. The first-order valence-corrected chi connectivity index (χ1v) is 4.46. The van der Waals surface area contributed by atoms with Crippen molar-refractivity contribution in [1.82, 2.24) is 9.78 Å². The van der Waals surface area contributed by atoms with E-state index in [0.717, 1.165) is 10.2 Å². The zero-order valence-corrected chi connectivity index (χ0v) is 8.65. The van der Waals surface area contributed by atoms with Gasteiger partial charge in [-0.2, -0.15) is 5.10 Å². The number of carbonyl (C=O) groups is 1. The van der Waals surface area contributed by atoms with Gasteiger partial charge in [-0.25, -0.2) is 0 Å². The second kappa shape index (κ2) is 3.89. The maximum Gasteiger partial charge on any atom is 0.320 e. The van der Waals surface area contributed by atoms with Gasteiger partial charge >= 0.3 is 5.97 Å². The lowest BCUT2D eigenvalue weighted by Crippen LogP contribution is -2.33. The van der Waals surface area contributed by atoms with Crippen LogP contribution in [0, 0.1) is 0 Å². The summed E-state index contributed by atoms with van der Waals surface area (Å²) in [5.41, 5.74) is 6.17. The Kier molecular flexibility index (Phi) is 3.05. The first-order valence-electron chi connectivity index (χ1n) is 3.67. The van der Waals surface area contributed by atoms with Crippen LogP contribution in [0.2, 0.25) is 0 Å². The summed E-state index contributed by atoms with van der Waals surface area (Å²) in [5, 5.41) is 12.5. The molecule has 0 spiro atoms. The lowest BCUT2D eigenvalue weighted by Gasteiger charge is -2.06. The van der Waals surface area contributed by atoms with E-state index in [1.165, 1.54) is 0 Å². The zero-order valence-electron chi connectivity index (χ0n) is 7.07. The summed E-state index contributed by atoms with van der Waals surface area (Å²) in [6, 6.07) is -0.883. The van der Waals surface area contributed by atoms with E-state index in [-0.39, 0.29) is 6.42 Å². The topological polar surface area (TPSA) is 81.1 Å². The molecule has 6 heteroatoms. The van der Waals surface area contributed by atoms with Crippen LogP contribution in [0.15, 0.2) is 10.7 Å². The number of carboxylic acids is 1. The number of hydrogen-bond acceptors (Lipinski definition) is 3. The summed E-state index contributed by atoms with van der Waals surface area (Å²) in [4.78, 5) is 10.5. The van der Waals surface area contributed by atoms with Crippen molar-refractivity contribution in [3.8, 4) is 0 Å². The second-order valence-electron chi connectivity index (χ2n) is 2.71. The van der Waals surface area contributed by atoms with Crippen LogP contribution in [0.1, 0.15) is 5.69 Å². The molecule has 0 fully saturated rings. The van der Waals surface area contributed by atoms with Crippen LogP contribution in [0.4, 0.5) is 0 Å². The van der Waals surface area contributed by atoms with Crippen molar-refractivity contribution in [1.29, 1.82) is 0 Å². The van der Waals surface area contributed by atoms with E-state index in [0.29, 0.717) is 0 Å². The van der Waals surface area contributed by atoms with Crippen molar-refractivity contribution in [3.05, 3.63) is 16.4 Å². The Labute approximate surface area is 83.7 Å². The van der Waals surface area contributed by atoms with Gasteiger partial charge in [0.15, 0.2) is 0 Å². The summed E-state index contributed by atoms with van der Waals surface area (Å²) in [6.07, 6.45) is 1.89. The number of aromatic nitrogens is 2. The van der Waals surface area contributed by atoms with Gasteiger partial charge in [0.1, 0.15) is 6.04 Å². The average molecular weight is 248 g/mol. The number of hydrogen-bond donors (Lipinski definition) is 2. The van der Waals surface area contributed by atoms with Crippen LogP contribution in [-0.2, 0) is 18.3 Å². The highest BCUT2D eigenvalue weighted by molar-refractivity contribution is 9.10. The molecule has 1 aromatic heterocycles. The molecular formula is C7H10BrN3O2. The van der Waals surface area contributed by atoms with Crippen LogP contribution in [-0.4, -0.2) is 26.9 Å². The Hall–Kier alpha value is -0.880. The molecule has 0 saturated carbocycles. The lowest BCUT2D eigenvalue weighted by molar-refractivity contribution is -0.138. The van der Waals surface area contributed by atoms with Gasteiger partial charge in [0.2, 0.25) is 0 Å². The van der Waals surface area contributed by atoms with E-state index in [1.807, 2.05) is 0 Å². The quantitative estimate of drug-likeness (QED) is 0.797. The highest BCUT2D eigenvalue weighted by Crippen LogP contribution is 2.16. The Balaban J connectivity index is 2.79. The van der Waals surface area contributed by atoms with Crippen LogP contribution in [0.3, 0.4) is 0 Å². The largest absolute Gasteiger partial charge is 0.480 e. The average Bonchev–Trinajstić information content (AvgIpc) is 2.35. The molecule has 3 N–H and O–H groups in total. The van der Waals surface area contributed by atoms with Gasteiger partial charge in [-0.15, -0.1) is 0 Å². The number of halogens is 1. The molecule has 0 bridgehead atoms. The molecule has 1 atom stereocenters. The summed E-state index contributed by atoms with van der Waals surface area (Å²) in [5.74, 6) is -1.01. The Morgan fingerprint density at radius 2 is 2.54 bits per heavy atom. The smallest absolute Gasteiger partial charge is 0.320 e. The molecule has 0 aliphatic heterocycles. The number of carboxylic acid groups (broad SMARTS) is 1. The van der Waals surface area contributed by atoms with Crippen molar-refractivity contribution in [3.63, 3.8) is 0 Å². The molecule has 1 heterocycles. The van der Waals surface area contributed by atoms with Crippen molar-refractivity contribution < 1.29 is 9.90 Å². The van der Waals surface area contributed by atoms with Gasteiger partial charge in [0.25, 0.3) is 0 Å². The van der Waals surface area contributed by atoms with E-state index in [1.54, 1.807) is 17.9 Å². The minimum absolute atomic E-state index is 0.270. The molecule has 0 unspecified atom stereocenters. The van der Waals surface area contributed by atoms with Gasteiger partial charge in [-0.05, 0) is 15.9 Å². The predicted octanol–water partition coefficient (Wildman–Crippen LogP) is 0.137. The standard InChI is InChI=1S/C7H10BrN3O2/c1-11-6(4(8)3-10-11)2-5(9)7(12)13/h3,5H,2,9H2,1H3,(H,12,13)/t5-/m1/s1. The second-order valence-corrected chi connectivity index (χ2v) is 3.57. The summed E-state index contributed by atoms with van der Waals surface area (Å²) in [7, 11) is 1.74.